The first-order valence-electron chi connectivity index (χ1n) is 9.88. The molecule has 0 fully saturated rings. The molecule has 0 saturated carbocycles. The standard InChI is InChI=1S/C23H27Cl2NO4/c1-4-6-15(2)14-30-17-11-9-16(10-12-17)22(23(28)29-3)26-21(27)13-18-19(24)7-5-8-20(18)25/h5,7-12,15,22H,4,6,13-14H2,1-3H3,(H,26,27)/t15?,22-/m1/s1. The lowest BCUT2D eigenvalue weighted by atomic mass is 10.1. The van der Waals surface area contributed by atoms with Crippen molar-refractivity contribution in [2.45, 2.75) is 39.2 Å². The van der Waals surface area contributed by atoms with Gasteiger partial charge in [0.05, 0.1) is 20.1 Å². The van der Waals surface area contributed by atoms with E-state index in [9.17, 15) is 9.59 Å². The van der Waals surface area contributed by atoms with Crippen LogP contribution in [-0.4, -0.2) is 25.6 Å². The Morgan fingerprint density at radius 1 is 1.07 bits per heavy atom. The molecule has 2 rings (SSSR count). The van der Waals surface area contributed by atoms with Crippen LogP contribution in [0.1, 0.15) is 43.9 Å². The van der Waals surface area contributed by atoms with E-state index in [0.29, 0.717) is 39.4 Å². The van der Waals surface area contributed by atoms with Crippen molar-refractivity contribution in [2.24, 2.45) is 5.92 Å². The number of carbonyl (C=O) groups excluding carboxylic acids is 2. The predicted octanol–water partition coefficient (Wildman–Crippen LogP) is 5.38. The topological polar surface area (TPSA) is 64.6 Å². The highest BCUT2D eigenvalue weighted by atomic mass is 35.5. The van der Waals surface area contributed by atoms with Crippen LogP contribution in [0.3, 0.4) is 0 Å². The van der Waals surface area contributed by atoms with Gasteiger partial charge in [-0.25, -0.2) is 4.79 Å². The van der Waals surface area contributed by atoms with Crippen LogP contribution in [0, 0.1) is 5.92 Å². The Morgan fingerprint density at radius 2 is 1.70 bits per heavy atom. The Hall–Kier alpha value is -2.24. The maximum absolute atomic E-state index is 12.6. The van der Waals surface area contributed by atoms with Gasteiger partial charge in [0.2, 0.25) is 5.91 Å². The Morgan fingerprint density at radius 3 is 2.27 bits per heavy atom. The summed E-state index contributed by atoms with van der Waals surface area (Å²) in [6.45, 7) is 4.92. The summed E-state index contributed by atoms with van der Waals surface area (Å²) in [5, 5.41) is 3.49. The molecule has 0 aliphatic heterocycles. The van der Waals surface area contributed by atoms with E-state index in [1.54, 1.807) is 42.5 Å². The molecule has 0 heterocycles. The average molecular weight is 452 g/mol. The van der Waals surface area contributed by atoms with Crippen molar-refractivity contribution in [1.29, 1.82) is 0 Å². The van der Waals surface area contributed by atoms with Crippen molar-refractivity contribution < 1.29 is 19.1 Å². The molecule has 1 N–H and O–H groups in total. The van der Waals surface area contributed by atoms with Crippen LogP contribution in [-0.2, 0) is 20.7 Å². The third kappa shape index (κ3) is 6.92. The number of ether oxygens (including phenoxy) is 2. The van der Waals surface area contributed by atoms with Gasteiger partial charge in [0, 0.05) is 10.0 Å². The summed E-state index contributed by atoms with van der Waals surface area (Å²) in [5.74, 6) is 0.209. The summed E-state index contributed by atoms with van der Waals surface area (Å²) in [7, 11) is 1.28. The van der Waals surface area contributed by atoms with Crippen molar-refractivity contribution in [1.82, 2.24) is 5.32 Å². The zero-order chi connectivity index (χ0) is 22.1. The lowest BCUT2D eigenvalue weighted by Crippen LogP contribution is -2.35. The normalized spacial score (nSPS) is 12.7. The molecule has 0 spiro atoms. The number of amides is 1. The molecular weight excluding hydrogens is 425 g/mol. The van der Waals surface area contributed by atoms with Gasteiger partial charge in [-0.1, -0.05) is 61.7 Å². The molecule has 0 aliphatic carbocycles. The molecule has 162 valence electrons. The maximum Gasteiger partial charge on any atom is 0.333 e. The minimum Gasteiger partial charge on any atom is -0.493 e. The number of hydrogen-bond acceptors (Lipinski definition) is 4. The van der Waals surface area contributed by atoms with Crippen LogP contribution in [0.5, 0.6) is 5.75 Å². The van der Waals surface area contributed by atoms with Gasteiger partial charge in [-0.2, -0.15) is 0 Å². The van der Waals surface area contributed by atoms with Crippen LogP contribution in [0.15, 0.2) is 42.5 Å². The van der Waals surface area contributed by atoms with Crippen LogP contribution in [0.2, 0.25) is 10.0 Å². The second kappa shape index (κ2) is 11.8. The van der Waals surface area contributed by atoms with Crippen molar-refractivity contribution in [3.63, 3.8) is 0 Å². The number of benzene rings is 2. The van der Waals surface area contributed by atoms with Crippen LogP contribution < -0.4 is 10.1 Å². The zero-order valence-corrected chi connectivity index (χ0v) is 18.9. The van der Waals surface area contributed by atoms with Gasteiger partial charge in [-0.05, 0) is 47.7 Å². The highest BCUT2D eigenvalue weighted by Crippen LogP contribution is 2.25. The van der Waals surface area contributed by atoms with Gasteiger partial charge in [-0.15, -0.1) is 0 Å². The lowest BCUT2D eigenvalue weighted by Gasteiger charge is -2.18. The molecule has 0 saturated heterocycles. The van der Waals surface area contributed by atoms with Gasteiger partial charge >= 0.3 is 5.97 Å². The Kier molecular flexibility index (Phi) is 9.47. The van der Waals surface area contributed by atoms with Crippen molar-refractivity contribution >= 4 is 35.1 Å². The molecule has 1 unspecified atom stereocenters. The van der Waals surface area contributed by atoms with E-state index in [1.807, 2.05) is 0 Å². The van der Waals surface area contributed by atoms with E-state index >= 15 is 0 Å². The second-order valence-electron chi connectivity index (χ2n) is 7.17. The fourth-order valence-corrected chi connectivity index (χ4v) is 3.57. The van der Waals surface area contributed by atoms with Crippen molar-refractivity contribution in [2.75, 3.05) is 13.7 Å². The minimum absolute atomic E-state index is 0.0531. The minimum atomic E-state index is -0.947. The first kappa shape index (κ1) is 24.0. The molecule has 1 amide bonds. The zero-order valence-electron chi connectivity index (χ0n) is 17.4. The predicted molar refractivity (Wildman–Crippen MR) is 119 cm³/mol. The van der Waals surface area contributed by atoms with Gasteiger partial charge < -0.3 is 14.8 Å². The van der Waals surface area contributed by atoms with E-state index in [2.05, 4.69) is 19.2 Å². The first-order valence-corrected chi connectivity index (χ1v) is 10.6. The summed E-state index contributed by atoms with van der Waals surface area (Å²) >= 11 is 12.3. The lowest BCUT2D eigenvalue weighted by molar-refractivity contribution is -0.145. The van der Waals surface area contributed by atoms with Gasteiger partial charge in [0.25, 0.3) is 0 Å². The van der Waals surface area contributed by atoms with Crippen molar-refractivity contribution in [3.05, 3.63) is 63.6 Å². The molecule has 0 aliphatic rings. The molecule has 30 heavy (non-hydrogen) atoms. The quantitative estimate of drug-likeness (QED) is 0.492. The second-order valence-corrected chi connectivity index (χ2v) is 7.99. The van der Waals surface area contributed by atoms with E-state index in [4.69, 9.17) is 32.7 Å². The fourth-order valence-electron chi connectivity index (χ4n) is 3.04. The van der Waals surface area contributed by atoms with Crippen LogP contribution in [0.4, 0.5) is 0 Å². The van der Waals surface area contributed by atoms with E-state index in [1.165, 1.54) is 7.11 Å². The Bertz CT molecular complexity index is 835. The fraction of sp³-hybridized carbons (Fsp3) is 0.391. The smallest absolute Gasteiger partial charge is 0.333 e. The number of halogens is 2. The van der Waals surface area contributed by atoms with E-state index in [0.717, 1.165) is 12.8 Å². The number of methoxy groups -OCH3 is 1. The average Bonchev–Trinajstić information content (AvgIpc) is 2.73. The Balaban J connectivity index is 2.08. The summed E-state index contributed by atoms with van der Waals surface area (Å²) in [5.41, 5.74) is 1.10. The Labute approximate surface area is 187 Å². The molecule has 2 atom stereocenters. The molecule has 0 bridgehead atoms. The third-order valence-electron chi connectivity index (χ3n) is 4.67. The summed E-state index contributed by atoms with van der Waals surface area (Å²) in [4.78, 5) is 24.9. The van der Waals surface area contributed by atoms with Crippen LogP contribution >= 0.6 is 23.2 Å². The highest BCUT2D eigenvalue weighted by Gasteiger charge is 2.24. The van der Waals surface area contributed by atoms with E-state index in [-0.39, 0.29) is 6.42 Å². The number of rotatable bonds is 10. The number of esters is 1. The molecule has 7 heteroatoms. The highest BCUT2D eigenvalue weighted by molar-refractivity contribution is 6.36. The van der Waals surface area contributed by atoms with Gasteiger partial charge in [-0.3, -0.25) is 4.79 Å². The van der Waals surface area contributed by atoms with E-state index < -0.39 is 17.9 Å². The summed E-state index contributed by atoms with van der Waals surface area (Å²) in [6, 6.07) is 11.1. The number of carbonyl (C=O) groups is 2. The monoisotopic (exact) mass is 451 g/mol. The SMILES string of the molecule is CCCC(C)COc1ccc([C@@H](NC(=O)Cc2c(Cl)cccc2Cl)C(=O)OC)cc1. The number of nitrogens with one attached hydrogen (secondary N) is 1. The molecular formula is C23H27Cl2NO4. The van der Waals surface area contributed by atoms with Crippen LogP contribution in [0.25, 0.3) is 0 Å². The van der Waals surface area contributed by atoms with Gasteiger partial charge in [0.15, 0.2) is 6.04 Å². The molecule has 2 aromatic rings. The summed E-state index contributed by atoms with van der Waals surface area (Å²) in [6.07, 6.45) is 2.16. The molecule has 5 nitrogen and oxygen atoms in total. The van der Waals surface area contributed by atoms with Gasteiger partial charge in [0.1, 0.15) is 5.75 Å². The molecule has 2 aromatic carbocycles. The maximum atomic E-state index is 12.6. The van der Waals surface area contributed by atoms with Crippen molar-refractivity contribution in [3.8, 4) is 5.75 Å². The molecule has 0 radical (unpaired) electrons. The largest absolute Gasteiger partial charge is 0.493 e. The molecule has 0 aromatic heterocycles. The first-order chi connectivity index (χ1) is 14.3. The third-order valence-corrected chi connectivity index (χ3v) is 5.38. The summed E-state index contributed by atoms with van der Waals surface area (Å²) < 4.78 is 10.7. The number of hydrogen-bond donors (Lipinski definition) is 1.